The smallest absolute Gasteiger partial charge is 0.291 e. The first-order chi connectivity index (χ1) is 11.0. The Morgan fingerprint density at radius 1 is 1.13 bits per heavy atom. The van der Waals surface area contributed by atoms with Crippen LogP contribution in [-0.4, -0.2) is 5.91 Å². The summed E-state index contributed by atoms with van der Waals surface area (Å²) < 4.78 is 18.7. The van der Waals surface area contributed by atoms with Gasteiger partial charge >= 0.3 is 0 Å². The van der Waals surface area contributed by atoms with Crippen LogP contribution >= 0.6 is 11.6 Å². The second kappa shape index (κ2) is 6.26. The van der Waals surface area contributed by atoms with Gasteiger partial charge in [-0.25, -0.2) is 4.39 Å². The van der Waals surface area contributed by atoms with E-state index in [9.17, 15) is 9.18 Å². The number of halogens is 2. The first kappa shape index (κ1) is 15.3. The zero-order chi connectivity index (χ0) is 16.4. The predicted octanol–water partition coefficient (Wildman–Crippen LogP) is 5.30. The largest absolute Gasteiger partial charge is 0.451 e. The van der Waals surface area contributed by atoms with E-state index in [-0.39, 0.29) is 5.76 Å². The third kappa shape index (κ3) is 3.43. The second-order valence-electron chi connectivity index (χ2n) is 5.09. The van der Waals surface area contributed by atoms with Crippen molar-refractivity contribution in [3.63, 3.8) is 0 Å². The molecule has 1 amide bonds. The van der Waals surface area contributed by atoms with E-state index in [1.54, 1.807) is 24.3 Å². The maximum atomic E-state index is 13.1. The maximum Gasteiger partial charge on any atom is 0.291 e. The Morgan fingerprint density at radius 2 is 1.96 bits per heavy atom. The van der Waals surface area contributed by atoms with Crippen LogP contribution in [-0.2, 0) is 0 Å². The molecule has 116 valence electrons. The van der Waals surface area contributed by atoms with Gasteiger partial charge in [-0.1, -0.05) is 29.8 Å². The number of nitrogens with one attached hydrogen (secondary N) is 1. The van der Waals surface area contributed by atoms with Crippen molar-refractivity contribution in [3.05, 3.63) is 76.8 Å². The molecule has 3 nitrogen and oxygen atoms in total. The summed E-state index contributed by atoms with van der Waals surface area (Å²) in [6.45, 7) is 1.91. The highest BCUT2D eigenvalue weighted by Gasteiger charge is 2.13. The summed E-state index contributed by atoms with van der Waals surface area (Å²) in [5, 5.41) is 3.21. The minimum Gasteiger partial charge on any atom is -0.451 e. The van der Waals surface area contributed by atoms with Gasteiger partial charge in [-0.2, -0.15) is 0 Å². The van der Waals surface area contributed by atoms with Gasteiger partial charge in [0, 0.05) is 16.3 Å². The molecular formula is C18H13ClFNO2. The van der Waals surface area contributed by atoms with Crippen LogP contribution in [0.5, 0.6) is 0 Å². The molecule has 3 rings (SSSR count). The van der Waals surface area contributed by atoms with Crippen molar-refractivity contribution >= 4 is 23.2 Å². The summed E-state index contributed by atoms with van der Waals surface area (Å²) in [5.74, 6) is -0.186. The van der Waals surface area contributed by atoms with Gasteiger partial charge in [-0.05, 0) is 48.9 Å². The minimum absolute atomic E-state index is 0.140. The fraction of sp³-hybridized carbons (Fsp3) is 0.0556. The zero-order valence-corrected chi connectivity index (χ0v) is 13.0. The van der Waals surface area contributed by atoms with Crippen LogP contribution in [0.1, 0.15) is 16.1 Å². The summed E-state index contributed by atoms with van der Waals surface area (Å²) >= 11 is 6.10. The number of amides is 1. The number of aryl methyl sites for hydroxylation is 1. The number of carbonyl (C=O) groups is 1. The lowest BCUT2D eigenvalue weighted by Crippen LogP contribution is -2.10. The number of benzene rings is 2. The van der Waals surface area contributed by atoms with Crippen molar-refractivity contribution < 1.29 is 13.6 Å². The molecule has 1 N–H and O–H groups in total. The molecule has 0 aliphatic heterocycles. The normalized spacial score (nSPS) is 10.6. The molecule has 1 heterocycles. The number of hydrogen-bond donors (Lipinski definition) is 1. The molecule has 0 radical (unpaired) electrons. The first-order valence-electron chi connectivity index (χ1n) is 6.96. The standard InChI is InChI=1S/C18H13ClFNO2/c1-11-5-6-12(9-15(11)19)16-7-8-17(23-16)18(22)21-14-4-2-3-13(20)10-14/h2-10H,1H3,(H,21,22). The van der Waals surface area contributed by atoms with E-state index in [1.165, 1.54) is 18.2 Å². The summed E-state index contributed by atoms with van der Waals surface area (Å²) in [6.07, 6.45) is 0. The molecule has 0 aliphatic carbocycles. The summed E-state index contributed by atoms with van der Waals surface area (Å²) in [4.78, 5) is 12.1. The molecule has 3 aromatic rings. The van der Waals surface area contributed by atoms with Crippen molar-refractivity contribution in [2.75, 3.05) is 5.32 Å². The van der Waals surface area contributed by atoms with Gasteiger partial charge in [-0.15, -0.1) is 0 Å². The molecule has 2 aromatic carbocycles. The summed E-state index contributed by atoms with van der Waals surface area (Å²) in [6, 6.07) is 14.5. The van der Waals surface area contributed by atoms with Crippen LogP contribution in [0, 0.1) is 12.7 Å². The Kier molecular flexibility index (Phi) is 4.17. The van der Waals surface area contributed by atoms with E-state index in [0.717, 1.165) is 11.1 Å². The number of carbonyl (C=O) groups excluding carboxylic acids is 1. The molecular weight excluding hydrogens is 317 g/mol. The van der Waals surface area contributed by atoms with Crippen molar-refractivity contribution in [3.8, 4) is 11.3 Å². The van der Waals surface area contributed by atoms with E-state index in [2.05, 4.69) is 5.32 Å². The van der Waals surface area contributed by atoms with Crippen molar-refractivity contribution in [2.24, 2.45) is 0 Å². The highest BCUT2D eigenvalue weighted by atomic mass is 35.5. The lowest BCUT2D eigenvalue weighted by atomic mass is 10.1. The number of anilines is 1. The third-order valence-electron chi connectivity index (χ3n) is 3.37. The van der Waals surface area contributed by atoms with E-state index in [4.69, 9.17) is 16.0 Å². The molecule has 1 aromatic heterocycles. The highest BCUT2D eigenvalue weighted by molar-refractivity contribution is 6.31. The Balaban J connectivity index is 1.81. The Hall–Kier alpha value is -2.59. The first-order valence-corrected chi connectivity index (χ1v) is 7.34. The van der Waals surface area contributed by atoms with E-state index < -0.39 is 11.7 Å². The third-order valence-corrected chi connectivity index (χ3v) is 3.78. The van der Waals surface area contributed by atoms with Crippen LogP contribution in [0.25, 0.3) is 11.3 Å². The fourth-order valence-electron chi connectivity index (χ4n) is 2.12. The Morgan fingerprint density at radius 3 is 2.70 bits per heavy atom. The van der Waals surface area contributed by atoms with E-state index in [0.29, 0.717) is 16.5 Å². The quantitative estimate of drug-likeness (QED) is 0.708. The molecule has 0 spiro atoms. The number of hydrogen-bond acceptors (Lipinski definition) is 2. The van der Waals surface area contributed by atoms with Gasteiger partial charge < -0.3 is 9.73 Å². The molecule has 0 saturated carbocycles. The average Bonchev–Trinajstić information content (AvgIpc) is 3.00. The lowest BCUT2D eigenvalue weighted by Gasteiger charge is -2.03. The summed E-state index contributed by atoms with van der Waals surface area (Å²) in [7, 11) is 0. The minimum atomic E-state index is -0.444. The molecule has 0 bridgehead atoms. The SMILES string of the molecule is Cc1ccc(-c2ccc(C(=O)Nc3cccc(F)c3)o2)cc1Cl. The van der Waals surface area contributed by atoms with E-state index >= 15 is 0 Å². The number of rotatable bonds is 3. The molecule has 0 unspecified atom stereocenters. The lowest BCUT2D eigenvalue weighted by molar-refractivity contribution is 0.0997. The van der Waals surface area contributed by atoms with Crippen LogP contribution in [0.2, 0.25) is 5.02 Å². The molecule has 23 heavy (non-hydrogen) atoms. The molecule has 0 saturated heterocycles. The Bertz CT molecular complexity index is 873. The zero-order valence-electron chi connectivity index (χ0n) is 12.3. The van der Waals surface area contributed by atoms with Gasteiger partial charge in [-0.3, -0.25) is 4.79 Å². The Labute approximate surface area is 137 Å². The molecule has 5 heteroatoms. The number of furan rings is 1. The predicted molar refractivity (Wildman–Crippen MR) is 88.2 cm³/mol. The fourth-order valence-corrected chi connectivity index (χ4v) is 2.30. The van der Waals surface area contributed by atoms with Gasteiger partial charge in [0.2, 0.25) is 0 Å². The van der Waals surface area contributed by atoms with Crippen LogP contribution in [0.4, 0.5) is 10.1 Å². The van der Waals surface area contributed by atoms with Crippen molar-refractivity contribution in [2.45, 2.75) is 6.92 Å². The molecule has 0 atom stereocenters. The molecule has 0 aliphatic rings. The van der Waals surface area contributed by atoms with Crippen molar-refractivity contribution in [1.29, 1.82) is 0 Å². The van der Waals surface area contributed by atoms with Gasteiger partial charge in [0.05, 0.1) is 0 Å². The monoisotopic (exact) mass is 329 g/mol. The van der Waals surface area contributed by atoms with Crippen molar-refractivity contribution in [1.82, 2.24) is 0 Å². The van der Waals surface area contributed by atoms with Crippen LogP contribution < -0.4 is 5.32 Å². The van der Waals surface area contributed by atoms with Gasteiger partial charge in [0.15, 0.2) is 5.76 Å². The van der Waals surface area contributed by atoms with Gasteiger partial charge in [0.25, 0.3) is 5.91 Å². The highest BCUT2D eigenvalue weighted by Crippen LogP contribution is 2.27. The van der Waals surface area contributed by atoms with Crippen LogP contribution in [0.15, 0.2) is 59.0 Å². The molecule has 0 fully saturated rings. The second-order valence-corrected chi connectivity index (χ2v) is 5.50. The topological polar surface area (TPSA) is 42.2 Å². The van der Waals surface area contributed by atoms with Gasteiger partial charge in [0.1, 0.15) is 11.6 Å². The maximum absolute atomic E-state index is 13.1. The summed E-state index contributed by atoms with van der Waals surface area (Å²) in [5.41, 5.74) is 2.11. The average molecular weight is 330 g/mol. The van der Waals surface area contributed by atoms with Crippen LogP contribution in [0.3, 0.4) is 0 Å². The van der Waals surface area contributed by atoms with E-state index in [1.807, 2.05) is 19.1 Å².